The largest absolute Gasteiger partial charge is 0.459 e. The molecular formula is C11H17N3O2S. The summed E-state index contributed by atoms with van der Waals surface area (Å²) >= 11 is 1.13. The molecule has 0 rings (SSSR count). The number of hydrogen-bond donors (Lipinski definition) is 1. The van der Waals surface area contributed by atoms with Crippen molar-refractivity contribution in [2.45, 2.75) is 26.4 Å². The quantitative estimate of drug-likeness (QED) is 0.206. The predicted octanol–water partition coefficient (Wildman–Crippen LogP) is 1.67. The third-order valence-corrected chi connectivity index (χ3v) is 2.16. The van der Waals surface area contributed by atoms with Crippen LogP contribution in [-0.2, 0) is 9.53 Å². The lowest BCUT2D eigenvalue weighted by atomic mass is 10.2. The average Bonchev–Trinajstić information content (AvgIpc) is 2.19. The predicted molar refractivity (Wildman–Crippen MR) is 69.6 cm³/mol. The van der Waals surface area contributed by atoms with Crippen LogP contribution >= 0.6 is 11.8 Å². The number of nitrogens with one attached hydrogen (secondary N) is 1. The molecule has 0 unspecified atom stereocenters. The minimum Gasteiger partial charge on any atom is -0.459 e. The van der Waals surface area contributed by atoms with E-state index in [1.807, 2.05) is 0 Å². The van der Waals surface area contributed by atoms with Crippen LogP contribution < -0.4 is 5.32 Å². The Morgan fingerprint density at radius 1 is 1.65 bits per heavy atom. The molecule has 0 heterocycles. The zero-order valence-electron chi connectivity index (χ0n) is 10.3. The van der Waals surface area contributed by atoms with Gasteiger partial charge in [-0.15, -0.1) is 6.58 Å². The summed E-state index contributed by atoms with van der Waals surface area (Å²) < 4.78 is 5.13. The number of aliphatic imine (C=N–C) groups is 1. The molecule has 1 N–H and O–H groups in total. The molecule has 0 aromatic rings. The number of carbonyl (C=O) groups excluding carboxylic acids is 1. The molecule has 17 heavy (non-hydrogen) atoms. The van der Waals surface area contributed by atoms with Crippen LogP contribution in [0, 0.1) is 11.5 Å². The van der Waals surface area contributed by atoms with Gasteiger partial charge in [0.05, 0.1) is 12.3 Å². The summed E-state index contributed by atoms with van der Waals surface area (Å²) in [6.45, 7) is 9.32. The molecule has 0 saturated heterocycles. The van der Waals surface area contributed by atoms with E-state index < -0.39 is 5.60 Å². The van der Waals surface area contributed by atoms with Crippen LogP contribution in [0.4, 0.5) is 0 Å². The Kier molecular flexibility index (Phi) is 7.06. The van der Waals surface area contributed by atoms with E-state index in [9.17, 15) is 4.79 Å². The number of ether oxygens (including phenoxy) is 1. The minimum atomic E-state index is -0.501. The molecule has 0 atom stereocenters. The van der Waals surface area contributed by atoms with Gasteiger partial charge in [0, 0.05) is 0 Å². The van der Waals surface area contributed by atoms with Crippen LogP contribution in [0.3, 0.4) is 0 Å². The number of rotatable bonds is 4. The summed E-state index contributed by atoms with van der Waals surface area (Å²) in [5, 5.41) is 11.3. The van der Waals surface area contributed by atoms with Crippen molar-refractivity contribution in [3.8, 4) is 6.19 Å². The third kappa shape index (κ3) is 9.45. The fourth-order valence-electron chi connectivity index (χ4n) is 0.815. The van der Waals surface area contributed by atoms with Gasteiger partial charge in [-0.3, -0.25) is 15.1 Å². The van der Waals surface area contributed by atoms with Gasteiger partial charge in [0.25, 0.3) is 0 Å². The Bertz CT molecular complexity index is 340. The Labute approximate surface area is 106 Å². The van der Waals surface area contributed by atoms with E-state index in [0.29, 0.717) is 11.7 Å². The number of nitriles is 1. The maximum absolute atomic E-state index is 11.4. The SMILES string of the molecule is C=CCN=C(NC#N)SCC(=O)OC(C)(C)C. The molecule has 0 saturated carbocycles. The molecule has 0 spiro atoms. The molecule has 0 aromatic heterocycles. The third-order valence-electron chi connectivity index (χ3n) is 1.27. The fraction of sp³-hybridized carbons (Fsp3) is 0.545. The van der Waals surface area contributed by atoms with Crippen molar-refractivity contribution >= 4 is 22.9 Å². The van der Waals surface area contributed by atoms with E-state index in [1.54, 1.807) is 33.0 Å². The Balaban J connectivity index is 4.18. The van der Waals surface area contributed by atoms with E-state index >= 15 is 0 Å². The Morgan fingerprint density at radius 3 is 2.76 bits per heavy atom. The lowest BCUT2D eigenvalue weighted by molar-refractivity contribution is -0.151. The van der Waals surface area contributed by atoms with Gasteiger partial charge in [-0.25, -0.2) is 0 Å². The first-order chi connectivity index (χ1) is 7.89. The first-order valence-electron chi connectivity index (χ1n) is 5.04. The molecular weight excluding hydrogens is 238 g/mol. The number of thioether (sulfide) groups is 1. The Hall–Kier alpha value is -1.48. The number of nitrogens with zero attached hydrogens (tertiary/aromatic N) is 2. The number of carbonyl (C=O) groups is 1. The fourth-order valence-corrected chi connectivity index (χ4v) is 1.41. The Morgan fingerprint density at radius 2 is 2.29 bits per heavy atom. The molecule has 0 radical (unpaired) electrons. The van der Waals surface area contributed by atoms with E-state index in [-0.39, 0.29) is 11.7 Å². The van der Waals surface area contributed by atoms with Crippen LogP contribution in [0.5, 0.6) is 0 Å². The topological polar surface area (TPSA) is 74.5 Å². The minimum absolute atomic E-state index is 0.113. The van der Waals surface area contributed by atoms with Crippen molar-refractivity contribution in [3.05, 3.63) is 12.7 Å². The average molecular weight is 255 g/mol. The highest BCUT2D eigenvalue weighted by Crippen LogP contribution is 2.10. The molecule has 0 aliphatic rings. The van der Waals surface area contributed by atoms with Crippen LogP contribution in [0.15, 0.2) is 17.6 Å². The first kappa shape index (κ1) is 15.5. The smallest absolute Gasteiger partial charge is 0.316 e. The zero-order chi connectivity index (χ0) is 13.3. The van der Waals surface area contributed by atoms with Crippen LogP contribution in [0.25, 0.3) is 0 Å². The van der Waals surface area contributed by atoms with Crippen molar-refractivity contribution in [1.29, 1.82) is 5.26 Å². The monoisotopic (exact) mass is 255 g/mol. The summed E-state index contributed by atoms with van der Waals surface area (Å²) in [7, 11) is 0. The highest BCUT2D eigenvalue weighted by molar-refractivity contribution is 8.14. The summed E-state index contributed by atoms with van der Waals surface area (Å²) in [4.78, 5) is 15.4. The van der Waals surface area contributed by atoms with Crippen molar-refractivity contribution < 1.29 is 9.53 Å². The number of hydrogen-bond acceptors (Lipinski definition) is 5. The van der Waals surface area contributed by atoms with Crippen molar-refractivity contribution in [3.63, 3.8) is 0 Å². The molecule has 6 heteroatoms. The van der Waals surface area contributed by atoms with Gasteiger partial charge in [0.15, 0.2) is 11.4 Å². The lowest BCUT2D eigenvalue weighted by Crippen LogP contribution is -2.26. The van der Waals surface area contributed by atoms with Crippen LogP contribution in [0.2, 0.25) is 0 Å². The summed E-state index contributed by atoms with van der Waals surface area (Å²) in [5.74, 6) is -0.226. The van der Waals surface area contributed by atoms with Crippen molar-refractivity contribution in [2.75, 3.05) is 12.3 Å². The standard InChI is InChI=1S/C11H17N3O2S/c1-5-6-13-10(14-8-12)17-7-9(15)16-11(2,3)4/h5H,1,6-7H2,2-4H3,(H,13,14). The van der Waals surface area contributed by atoms with Gasteiger partial charge < -0.3 is 4.74 Å². The zero-order valence-corrected chi connectivity index (χ0v) is 11.1. The number of esters is 1. The van der Waals surface area contributed by atoms with Gasteiger partial charge in [-0.05, 0) is 20.8 Å². The van der Waals surface area contributed by atoms with Gasteiger partial charge in [0.1, 0.15) is 5.60 Å². The first-order valence-corrected chi connectivity index (χ1v) is 6.02. The van der Waals surface area contributed by atoms with Gasteiger partial charge in [-0.1, -0.05) is 17.8 Å². The van der Waals surface area contributed by atoms with Gasteiger partial charge in [0.2, 0.25) is 0 Å². The summed E-state index contributed by atoms with van der Waals surface area (Å²) in [6, 6.07) is 0. The van der Waals surface area contributed by atoms with Crippen LogP contribution in [-0.4, -0.2) is 29.0 Å². The normalized spacial score (nSPS) is 11.5. The van der Waals surface area contributed by atoms with E-state index in [2.05, 4.69) is 16.9 Å². The molecule has 0 aromatic carbocycles. The second kappa shape index (κ2) is 7.74. The van der Waals surface area contributed by atoms with E-state index in [1.165, 1.54) is 0 Å². The van der Waals surface area contributed by atoms with Gasteiger partial charge in [-0.2, -0.15) is 5.26 Å². The second-order valence-electron chi connectivity index (χ2n) is 4.05. The van der Waals surface area contributed by atoms with Crippen LogP contribution in [0.1, 0.15) is 20.8 Å². The number of amidine groups is 1. The maximum atomic E-state index is 11.4. The molecule has 94 valence electrons. The highest BCUT2D eigenvalue weighted by Gasteiger charge is 2.16. The lowest BCUT2D eigenvalue weighted by Gasteiger charge is -2.19. The van der Waals surface area contributed by atoms with Gasteiger partial charge >= 0.3 is 5.97 Å². The van der Waals surface area contributed by atoms with E-state index in [0.717, 1.165) is 11.8 Å². The molecule has 5 nitrogen and oxygen atoms in total. The molecule has 0 fully saturated rings. The second-order valence-corrected chi connectivity index (χ2v) is 5.01. The highest BCUT2D eigenvalue weighted by atomic mass is 32.2. The molecule has 0 aliphatic carbocycles. The van der Waals surface area contributed by atoms with E-state index in [4.69, 9.17) is 10.00 Å². The molecule has 0 aliphatic heterocycles. The van der Waals surface area contributed by atoms with Crippen molar-refractivity contribution in [2.24, 2.45) is 4.99 Å². The van der Waals surface area contributed by atoms with Crippen molar-refractivity contribution in [1.82, 2.24) is 5.32 Å². The maximum Gasteiger partial charge on any atom is 0.316 e. The summed E-state index contributed by atoms with van der Waals surface area (Å²) in [6.07, 6.45) is 3.36. The summed E-state index contributed by atoms with van der Waals surface area (Å²) in [5.41, 5.74) is -0.501. The molecule has 0 bridgehead atoms. The molecule has 0 amide bonds.